The van der Waals surface area contributed by atoms with Crippen LogP contribution in [-0.4, -0.2) is 26.9 Å². The molecule has 1 aliphatic rings. The van der Waals surface area contributed by atoms with Crippen LogP contribution in [0, 0.1) is 5.92 Å². The molecule has 2 unspecified atom stereocenters. The summed E-state index contributed by atoms with van der Waals surface area (Å²) >= 11 is 3.20. The first-order valence-corrected chi connectivity index (χ1v) is 9.44. The van der Waals surface area contributed by atoms with E-state index < -0.39 is 15.9 Å². The van der Waals surface area contributed by atoms with Gasteiger partial charge in [-0.25, -0.2) is 13.1 Å². The van der Waals surface area contributed by atoms with E-state index in [1.54, 1.807) is 0 Å². The van der Waals surface area contributed by atoms with Crippen LogP contribution in [0.2, 0.25) is 0 Å². The van der Waals surface area contributed by atoms with Crippen molar-refractivity contribution in [1.29, 1.82) is 0 Å². The van der Waals surface area contributed by atoms with Crippen LogP contribution >= 0.6 is 15.9 Å². The monoisotopic (exact) mass is 389 g/mol. The summed E-state index contributed by atoms with van der Waals surface area (Å²) in [4.78, 5) is 11.3. The molecule has 1 aromatic rings. The predicted octanol–water partition coefficient (Wildman–Crippen LogP) is 1.34. The maximum Gasteiger partial charge on any atom is 0.248 e. The molecule has 8 heteroatoms. The van der Waals surface area contributed by atoms with Gasteiger partial charge in [0.2, 0.25) is 15.9 Å². The number of halogens is 1. The molecule has 0 spiro atoms. The molecule has 0 bridgehead atoms. The standard InChI is InChI=1S/C14H20BrN3O3S/c15-11-5-10(14(17)19)6-12(7-11)22(20,21)18-13-4-2-1-3-9(13)8-16/h5-7,9,13,18H,1-4,8,16H2,(H2,17,19). The highest BCUT2D eigenvalue weighted by Gasteiger charge is 2.29. The fourth-order valence-electron chi connectivity index (χ4n) is 2.77. The number of nitrogens with one attached hydrogen (secondary N) is 1. The second kappa shape index (κ2) is 7.08. The van der Waals surface area contributed by atoms with Gasteiger partial charge in [0, 0.05) is 16.1 Å². The van der Waals surface area contributed by atoms with Crippen molar-refractivity contribution in [2.75, 3.05) is 6.54 Å². The summed E-state index contributed by atoms with van der Waals surface area (Å²) in [6.07, 6.45) is 3.75. The maximum atomic E-state index is 12.6. The highest BCUT2D eigenvalue weighted by Crippen LogP contribution is 2.26. The highest BCUT2D eigenvalue weighted by molar-refractivity contribution is 9.10. The number of primary amides is 1. The number of rotatable bonds is 5. The van der Waals surface area contributed by atoms with Crippen LogP contribution in [0.25, 0.3) is 0 Å². The van der Waals surface area contributed by atoms with Crippen LogP contribution in [0.15, 0.2) is 27.6 Å². The van der Waals surface area contributed by atoms with Crippen molar-refractivity contribution < 1.29 is 13.2 Å². The fourth-order valence-corrected chi connectivity index (χ4v) is 4.83. The van der Waals surface area contributed by atoms with E-state index in [-0.39, 0.29) is 22.4 Å². The van der Waals surface area contributed by atoms with E-state index >= 15 is 0 Å². The first-order valence-electron chi connectivity index (χ1n) is 7.16. The molecule has 5 N–H and O–H groups in total. The first-order chi connectivity index (χ1) is 10.3. The summed E-state index contributed by atoms with van der Waals surface area (Å²) in [5, 5.41) is 0. The summed E-state index contributed by atoms with van der Waals surface area (Å²) in [6.45, 7) is 0.457. The number of amides is 1. The van der Waals surface area contributed by atoms with E-state index in [1.807, 2.05) is 0 Å². The SMILES string of the molecule is NCC1CCCCC1NS(=O)(=O)c1cc(Br)cc(C(N)=O)c1. The Morgan fingerprint density at radius 3 is 2.59 bits per heavy atom. The average molecular weight is 390 g/mol. The van der Waals surface area contributed by atoms with Crippen LogP contribution in [0.1, 0.15) is 36.0 Å². The third kappa shape index (κ3) is 4.07. The Kier molecular flexibility index (Phi) is 5.60. The van der Waals surface area contributed by atoms with Crippen LogP contribution in [0.3, 0.4) is 0 Å². The van der Waals surface area contributed by atoms with Gasteiger partial charge in [0.1, 0.15) is 0 Å². The highest BCUT2D eigenvalue weighted by atomic mass is 79.9. The molecule has 122 valence electrons. The maximum absolute atomic E-state index is 12.6. The van der Waals surface area contributed by atoms with Crippen molar-refractivity contribution in [3.8, 4) is 0 Å². The van der Waals surface area contributed by atoms with Crippen molar-refractivity contribution in [2.24, 2.45) is 17.4 Å². The molecule has 0 aromatic heterocycles. The Bertz CT molecular complexity index is 663. The number of hydrogen-bond donors (Lipinski definition) is 3. The van der Waals surface area contributed by atoms with Gasteiger partial charge in [-0.15, -0.1) is 0 Å². The molecule has 2 atom stereocenters. The molecule has 1 aliphatic carbocycles. The number of carbonyl (C=O) groups excluding carboxylic acids is 1. The van der Waals surface area contributed by atoms with E-state index in [2.05, 4.69) is 20.7 Å². The zero-order valence-corrected chi connectivity index (χ0v) is 14.5. The van der Waals surface area contributed by atoms with Crippen LogP contribution < -0.4 is 16.2 Å². The molecule has 1 amide bonds. The van der Waals surface area contributed by atoms with E-state index in [0.717, 1.165) is 25.7 Å². The summed E-state index contributed by atoms with van der Waals surface area (Å²) in [5.41, 5.74) is 11.1. The van der Waals surface area contributed by atoms with Gasteiger partial charge in [0.05, 0.1) is 4.90 Å². The van der Waals surface area contributed by atoms with Gasteiger partial charge in [-0.2, -0.15) is 0 Å². The Morgan fingerprint density at radius 1 is 1.27 bits per heavy atom. The van der Waals surface area contributed by atoms with E-state index in [4.69, 9.17) is 11.5 Å². The number of nitrogens with two attached hydrogens (primary N) is 2. The largest absolute Gasteiger partial charge is 0.366 e. The van der Waals surface area contributed by atoms with Gasteiger partial charge < -0.3 is 11.5 Å². The zero-order chi connectivity index (χ0) is 16.3. The van der Waals surface area contributed by atoms with Crippen LogP contribution in [-0.2, 0) is 10.0 Å². The minimum atomic E-state index is -3.72. The van der Waals surface area contributed by atoms with Crippen LogP contribution in [0.5, 0.6) is 0 Å². The van der Waals surface area contributed by atoms with E-state index in [1.165, 1.54) is 18.2 Å². The van der Waals surface area contributed by atoms with Crippen molar-refractivity contribution in [1.82, 2.24) is 4.72 Å². The molecule has 0 saturated heterocycles. The molecule has 6 nitrogen and oxygen atoms in total. The lowest BCUT2D eigenvalue weighted by molar-refractivity contribution is 0.1000. The Balaban J connectivity index is 2.28. The molecule has 1 aromatic carbocycles. The smallest absolute Gasteiger partial charge is 0.248 e. The van der Waals surface area contributed by atoms with Gasteiger partial charge in [-0.3, -0.25) is 4.79 Å². The fraction of sp³-hybridized carbons (Fsp3) is 0.500. The van der Waals surface area contributed by atoms with E-state index in [0.29, 0.717) is 11.0 Å². The molecule has 1 saturated carbocycles. The second-order valence-corrected chi connectivity index (χ2v) is 8.18. The van der Waals surface area contributed by atoms with Crippen molar-refractivity contribution in [3.63, 3.8) is 0 Å². The summed E-state index contributed by atoms with van der Waals surface area (Å²) in [5.74, 6) is -0.526. The summed E-state index contributed by atoms with van der Waals surface area (Å²) in [7, 11) is -3.72. The van der Waals surface area contributed by atoms with Gasteiger partial charge in [-0.05, 0) is 43.5 Å². The minimum absolute atomic E-state index is 0.0250. The summed E-state index contributed by atoms with van der Waals surface area (Å²) < 4.78 is 28.3. The molecule has 2 rings (SSSR count). The molecule has 0 heterocycles. The Morgan fingerprint density at radius 2 is 1.95 bits per heavy atom. The number of hydrogen-bond acceptors (Lipinski definition) is 4. The third-order valence-electron chi connectivity index (χ3n) is 3.98. The summed E-state index contributed by atoms with van der Waals surface area (Å²) in [6, 6.07) is 4.06. The third-order valence-corrected chi connectivity index (χ3v) is 5.91. The first kappa shape index (κ1) is 17.4. The lowest BCUT2D eigenvalue weighted by Gasteiger charge is -2.31. The Hall–Kier alpha value is -0.960. The zero-order valence-electron chi connectivity index (χ0n) is 12.1. The van der Waals surface area contributed by atoms with E-state index in [9.17, 15) is 13.2 Å². The molecular weight excluding hydrogens is 370 g/mol. The topological polar surface area (TPSA) is 115 Å². The number of benzene rings is 1. The van der Waals surface area contributed by atoms with Gasteiger partial charge in [0.15, 0.2) is 0 Å². The Labute approximate surface area is 138 Å². The second-order valence-electron chi connectivity index (χ2n) is 5.55. The average Bonchev–Trinajstić information content (AvgIpc) is 2.46. The predicted molar refractivity (Wildman–Crippen MR) is 87.8 cm³/mol. The molecule has 0 radical (unpaired) electrons. The lowest BCUT2D eigenvalue weighted by Crippen LogP contribution is -2.44. The molecule has 0 aliphatic heterocycles. The quantitative estimate of drug-likeness (QED) is 0.704. The lowest BCUT2D eigenvalue weighted by atomic mass is 9.85. The van der Waals surface area contributed by atoms with Crippen molar-refractivity contribution in [2.45, 2.75) is 36.6 Å². The van der Waals surface area contributed by atoms with Crippen molar-refractivity contribution >= 4 is 31.9 Å². The van der Waals surface area contributed by atoms with Gasteiger partial charge >= 0.3 is 0 Å². The normalized spacial score (nSPS) is 22.5. The van der Waals surface area contributed by atoms with Gasteiger partial charge in [-0.1, -0.05) is 28.8 Å². The molecular formula is C14H20BrN3O3S. The van der Waals surface area contributed by atoms with Crippen LogP contribution in [0.4, 0.5) is 0 Å². The minimum Gasteiger partial charge on any atom is -0.366 e. The number of carbonyl (C=O) groups is 1. The van der Waals surface area contributed by atoms with Gasteiger partial charge in [0.25, 0.3) is 0 Å². The molecule has 22 heavy (non-hydrogen) atoms. The van der Waals surface area contributed by atoms with Crippen molar-refractivity contribution in [3.05, 3.63) is 28.2 Å². The molecule has 1 fully saturated rings. The number of sulfonamides is 1.